The van der Waals surface area contributed by atoms with E-state index in [9.17, 15) is 0 Å². The van der Waals surface area contributed by atoms with E-state index in [1.807, 2.05) is 24.6 Å². The summed E-state index contributed by atoms with van der Waals surface area (Å²) in [6.07, 6.45) is 2.75. The molecule has 0 fully saturated rings. The molecule has 0 saturated heterocycles. The van der Waals surface area contributed by atoms with E-state index < -0.39 is 0 Å². The van der Waals surface area contributed by atoms with Crippen LogP contribution in [-0.2, 0) is 6.42 Å². The van der Waals surface area contributed by atoms with Crippen LogP contribution in [-0.4, -0.2) is 15.0 Å². The number of aromatic nitrogens is 3. The molecule has 0 amide bonds. The summed E-state index contributed by atoms with van der Waals surface area (Å²) in [4.78, 5) is 13.6. The maximum absolute atomic E-state index is 4.68. The minimum atomic E-state index is 0.890. The summed E-state index contributed by atoms with van der Waals surface area (Å²) < 4.78 is 0. The van der Waals surface area contributed by atoms with Crippen LogP contribution in [0.4, 0.5) is 0 Å². The van der Waals surface area contributed by atoms with Crippen molar-refractivity contribution in [1.82, 2.24) is 15.0 Å². The van der Waals surface area contributed by atoms with Crippen LogP contribution in [0.3, 0.4) is 0 Å². The normalized spacial score (nSPS) is 11.0. The molecule has 0 unspecified atom stereocenters. The highest BCUT2D eigenvalue weighted by molar-refractivity contribution is 7.13. The molecule has 3 rings (SSSR count). The van der Waals surface area contributed by atoms with E-state index in [0.717, 1.165) is 39.4 Å². The van der Waals surface area contributed by atoms with Crippen LogP contribution in [0.2, 0.25) is 0 Å². The van der Waals surface area contributed by atoms with E-state index in [-0.39, 0.29) is 0 Å². The Morgan fingerprint density at radius 2 is 2.06 bits per heavy atom. The molecule has 0 bridgehead atoms. The van der Waals surface area contributed by atoms with Crippen molar-refractivity contribution in [2.24, 2.45) is 0 Å². The topological polar surface area (TPSA) is 38.7 Å². The molecule has 0 aliphatic heterocycles. The molecule has 0 N–H and O–H groups in total. The Morgan fingerprint density at radius 1 is 1.17 bits per heavy atom. The molecule has 0 spiro atoms. The Balaban J connectivity index is 2.28. The number of pyridine rings is 2. The van der Waals surface area contributed by atoms with Crippen molar-refractivity contribution >= 4 is 22.2 Å². The number of nitrogens with zero attached hydrogens (tertiary/aromatic N) is 3. The summed E-state index contributed by atoms with van der Waals surface area (Å²) in [6.45, 7) is 4.10. The second kappa shape index (κ2) is 4.46. The van der Waals surface area contributed by atoms with Crippen LogP contribution in [0.5, 0.6) is 0 Å². The molecule has 3 heterocycles. The molecule has 0 aromatic carbocycles. The zero-order chi connectivity index (χ0) is 12.5. The first-order valence-corrected chi connectivity index (χ1v) is 6.83. The van der Waals surface area contributed by atoms with Crippen molar-refractivity contribution in [2.75, 3.05) is 0 Å². The smallest absolute Gasteiger partial charge is 0.144 e. The molecule has 0 aliphatic rings. The Kier molecular flexibility index (Phi) is 2.80. The Bertz CT molecular complexity index is 703. The van der Waals surface area contributed by atoms with Crippen molar-refractivity contribution in [3.63, 3.8) is 0 Å². The average Bonchev–Trinajstić information content (AvgIpc) is 2.84. The number of rotatable bonds is 2. The average molecular weight is 255 g/mol. The highest BCUT2D eigenvalue weighted by atomic mass is 32.1. The minimum absolute atomic E-state index is 0.890. The molecule has 90 valence electrons. The standard InChI is InChI=1S/C14H13N3S/c1-3-11-5-4-10-6-7-15-13(12(10)17-11)14-16-9(2)8-18-14/h4-8H,3H2,1-2H3. The van der Waals surface area contributed by atoms with E-state index >= 15 is 0 Å². The monoisotopic (exact) mass is 255 g/mol. The summed E-state index contributed by atoms with van der Waals surface area (Å²) in [5.41, 5.74) is 3.96. The lowest BCUT2D eigenvalue weighted by Crippen LogP contribution is -1.92. The van der Waals surface area contributed by atoms with Crippen molar-refractivity contribution in [1.29, 1.82) is 0 Å². The summed E-state index contributed by atoms with van der Waals surface area (Å²) in [5.74, 6) is 0. The maximum atomic E-state index is 4.68. The van der Waals surface area contributed by atoms with Gasteiger partial charge in [0.05, 0.1) is 5.52 Å². The van der Waals surface area contributed by atoms with Crippen LogP contribution in [0.15, 0.2) is 29.8 Å². The molecule has 0 atom stereocenters. The van der Waals surface area contributed by atoms with Crippen molar-refractivity contribution in [2.45, 2.75) is 20.3 Å². The molecule has 0 radical (unpaired) electrons. The number of thiazole rings is 1. The fourth-order valence-corrected chi connectivity index (χ4v) is 2.70. The zero-order valence-corrected chi connectivity index (χ0v) is 11.2. The maximum Gasteiger partial charge on any atom is 0.144 e. The predicted molar refractivity (Wildman–Crippen MR) is 74.8 cm³/mol. The van der Waals surface area contributed by atoms with Crippen molar-refractivity contribution in [3.8, 4) is 10.7 Å². The largest absolute Gasteiger partial charge is 0.251 e. The van der Waals surface area contributed by atoms with Crippen LogP contribution in [0.25, 0.3) is 21.6 Å². The van der Waals surface area contributed by atoms with Crippen LogP contribution in [0, 0.1) is 6.92 Å². The number of hydrogen-bond donors (Lipinski definition) is 0. The van der Waals surface area contributed by atoms with Gasteiger partial charge in [-0.3, -0.25) is 9.97 Å². The van der Waals surface area contributed by atoms with Crippen LogP contribution in [0.1, 0.15) is 18.3 Å². The number of hydrogen-bond acceptors (Lipinski definition) is 4. The zero-order valence-electron chi connectivity index (χ0n) is 10.3. The second-order valence-corrected chi connectivity index (χ2v) is 5.04. The van der Waals surface area contributed by atoms with Gasteiger partial charge in [0.2, 0.25) is 0 Å². The van der Waals surface area contributed by atoms with Gasteiger partial charge in [-0.2, -0.15) is 0 Å². The van der Waals surface area contributed by atoms with E-state index in [0.29, 0.717) is 0 Å². The van der Waals surface area contributed by atoms with E-state index in [1.54, 1.807) is 11.3 Å². The van der Waals surface area contributed by atoms with Gasteiger partial charge in [0.25, 0.3) is 0 Å². The molecule has 3 aromatic heterocycles. The van der Waals surface area contributed by atoms with Gasteiger partial charge in [-0.1, -0.05) is 13.0 Å². The molecule has 3 aromatic rings. The van der Waals surface area contributed by atoms with Gasteiger partial charge < -0.3 is 0 Å². The summed E-state index contributed by atoms with van der Waals surface area (Å²) in [5, 5.41) is 4.10. The van der Waals surface area contributed by atoms with Gasteiger partial charge in [-0.15, -0.1) is 11.3 Å². The summed E-state index contributed by atoms with van der Waals surface area (Å²) in [7, 11) is 0. The molecular formula is C14H13N3S. The Hall–Kier alpha value is -1.81. The van der Waals surface area contributed by atoms with Gasteiger partial charge in [0.1, 0.15) is 10.7 Å². The predicted octanol–water partition coefficient (Wildman–Crippen LogP) is 3.62. The molecule has 0 saturated carbocycles. The third-order valence-electron chi connectivity index (χ3n) is 2.85. The number of aryl methyl sites for hydroxylation is 2. The molecule has 18 heavy (non-hydrogen) atoms. The SMILES string of the molecule is CCc1ccc2ccnc(-c3nc(C)cs3)c2n1. The van der Waals surface area contributed by atoms with Gasteiger partial charge in [0, 0.05) is 28.4 Å². The molecular weight excluding hydrogens is 242 g/mol. The first-order valence-electron chi connectivity index (χ1n) is 5.95. The first kappa shape index (κ1) is 11.3. The lowest BCUT2D eigenvalue weighted by molar-refractivity contribution is 1.05. The van der Waals surface area contributed by atoms with Crippen LogP contribution < -0.4 is 0 Å². The lowest BCUT2D eigenvalue weighted by atomic mass is 10.2. The highest BCUT2D eigenvalue weighted by Gasteiger charge is 2.10. The van der Waals surface area contributed by atoms with Gasteiger partial charge >= 0.3 is 0 Å². The summed E-state index contributed by atoms with van der Waals surface area (Å²) in [6, 6.07) is 6.16. The Morgan fingerprint density at radius 3 is 2.78 bits per heavy atom. The van der Waals surface area contributed by atoms with E-state index in [1.165, 1.54) is 0 Å². The molecule has 4 heteroatoms. The van der Waals surface area contributed by atoms with Crippen LogP contribution >= 0.6 is 11.3 Å². The third kappa shape index (κ3) is 1.88. The lowest BCUT2D eigenvalue weighted by Gasteiger charge is -2.04. The quantitative estimate of drug-likeness (QED) is 0.702. The third-order valence-corrected chi connectivity index (χ3v) is 3.82. The summed E-state index contributed by atoms with van der Waals surface area (Å²) >= 11 is 1.62. The fraction of sp³-hybridized carbons (Fsp3) is 0.214. The van der Waals surface area contributed by atoms with Gasteiger partial charge in [-0.05, 0) is 25.5 Å². The fourth-order valence-electron chi connectivity index (χ4n) is 1.90. The molecule has 0 aliphatic carbocycles. The van der Waals surface area contributed by atoms with E-state index in [2.05, 4.69) is 34.0 Å². The highest BCUT2D eigenvalue weighted by Crippen LogP contribution is 2.27. The van der Waals surface area contributed by atoms with Crippen molar-refractivity contribution in [3.05, 3.63) is 41.2 Å². The van der Waals surface area contributed by atoms with Gasteiger partial charge in [0.15, 0.2) is 0 Å². The van der Waals surface area contributed by atoms with Crippen molar-refractivity contribution < 1.29 is 0 Å². The van der Waals surface area contributed by atoms with Gasteiger partial charge in [-0.25, -0.2) is 4.98 Å². The first-order chi connectivity index (χ1) is 8.78. The molecule has 3 nitrogen and oxygen atoms in total. The second-order valence-electron chi connectivity index (χ2n) is 4.18. The Labute approximate surface area is 110 Å². The van der Waals surface area contributed by atoms with E-state index in [4.69, 9.17) is 0 Å². The number of fused-ring (bicyclic) bond motifs is 1. The minimum Gasteiger partial charge on any atom is -0.251 e.